The molecule has 2 atom stereocenters. The van der Waals surface area contributed by atoms with Crippen LogP contribution < -0.4 is 0 Å². The van der Waals surface area contributed by atoms with E-state index >= 15 is 0 Å². The Labute approximate surface area is 106 Å². The SMILES string of the molecule is C[C@](O)(c1ccccc1O)[C@H](O)c1ccccc1. The summed E-state index contributed by atoms with van der Waals surface area (Å²) in [6.45, 7) is 1.49. The van der Waals surface area contributed by atoms with Crippen molar-refractivity contribution in [3.63, 3.8) is 0 Å². The van der Waals surface area contributed by atoms with Crippen molar-refractivity contribution in [3.05, 3.63) is 65.7 Å². The van der Waals surface area contributed by atoms with E-state index in [4.69, 9.17) is 0 Å². The van der Waals surface area contributed by atoms with E-state index in [-0.39, 0.29) is 5.75 Å². The molecule has 0 heterocycles. The number of para-hydroxylation sites is 1. The van der Waals surface area contributed by atoms with Gasteiger partial charge in [0, 0.05) is 5.56 Å². The minimum Gasteiger partial charge on any atom is -0.508 e. The summed E-state index contributed by atoms with van der Waals surface area (Å²) in [4.78, 5) is 0. The van der Waals surface area contributed by atoms with Crippen LogP contribution in [0.5, 0.6) is 5.75 Å². The Balaban J connectivity index is 2.40. The molecule has 0 amide bonds. The Morgan fingerprint density at radius 3 is 2.11 bits per heavy atom. The van der Waals surface area contributed by atoms with Gasteiger partial charge in [-0.15, -0.1) is 0 Å². The van der Waals surface area contributed by atoms with Gasteiger partial charge in [0.1, 0.15) is 17.5 Å². The van der Waals surface area contributed by atoms with Gasteiger partial charge in [-0.2, -0.15) is 0 Å². The van der Waals surface area contributed by atoms with Gasteiger partial charge in [-0.05, 0) is 18.6 Å². The molecule has 2 aromatic carbocycles. The number of rotatable bonds is 3. The first-order valence-corrected chi connectivity index (χ1v) is 5.77. The number of hydrogen-bond donors (Lipinski definition) is 3. The molecule has 0 fully saturated rings. The first-order valence-electron chi connectivity index (χ1n) is 5.77. The van der Waals surface area contributed by atoms with Gasteiger partial charge in [-0.25, -0.2) is 0 Å². The minimum absolute atomic E-state index is 0.0301. The van der Waals surface area contributed by atoms with Gasteiger partial charge >= 0.3 is 0 Å². The second-order valence-corrected chi connectivity index (χ2v) is 4.48. The fourth-order valence-electron chi connectivity index (χ4n) is 2.01. The lowest BCUT2D eigenvalue weighted by molar-refractivity contribution is -0.0702. The third kappa shape index (κ3) is 2.23. The predicted octanol–water partition coefficient (Wildman–Crippen LogP) is 2.33. The monoisotopic (exact) mass is 244 g/mol. The average Bonchev–Trinajstić information content (AvgIpc) is 2.39. The number of benzene rings is 2. The van der Waals surface area contributed by atoms with Crippen molar-refractivity contribution in [2.45, 2.75) is 18.6 Å². The first-order chi connectivity index (χ1) is 8.53. The largest absolute Gasteiger partial charge is 0.508 e. The molecule has 0 aliphatic rings. The molecule has 0 unspecified atom stereocenters. The Morgan fingerprint density at radius 2 is 1.50 bits per heavy atom. The molecule has 2 aromatic rings. The molecule has 0 aromatic heterocycles. The lowest BCUT2D eigenvalue weighted by atomic mass is 9.86. The van der Waals surface area contributed by atoms with E-state index in [1.165, 1.54) is 13.0 Å². The standard InChI is InChI=1S/C15H16O3/c1-15(18,12-9-5-6-10-13(12)16)14(17)11-7-3-2-4-8-11/h2-10,14,16-18H,1H3/t14-,15+/m1/s1. The van der Waals surface area contributed by atoms with Gasteiger partial charge < -0.3 is 15.3 Å². The van der Waals surface area contributed by atoms with Crippen molar-refractivity contribution < 1.29 is 15.3 Å². The summed E-state index contributed by atoms with van der Waals surface area (Å²) in [5.41, 5.74) is -0.640. The van der Waals surface area contributed by atoms with Crippen molar-refractivity contribution >= 4 is 0 Å². The van der Waals surface area contributed by atoms with Crippen molar-refractivity contribution in [1.82, 2.24) is 0 Å². The van der Waals surface area contributed by atoms with Gasteiger partial charge in [-0.3, -0.25) is 0 Å². The van der Waals surface area contributed by atoms with E-state index in [9.17, 15) is 15.3 Å². The molecule has 0 radical (unpaired) electrons. The van der Waals surface area contributed by atoms with E-state index < -0.39 is 11.7 Å². The summed E-state index contributed by atoms with van der Waals surface area (Å²) >= 11 is 0. The predicted molar refractivity (Wildman–Crippen MR) is 69.1 cm³/mol. The third-order valence-electron chi connectivity index (χ3n) is 3.10. The van der Waals surface area contributed by atoms with Crippen LogP contribution >= 0.6 is 0 Å². The highest BCUT2D eigenvalue weighted by Gasteiger charge is 2.35. The summed E-state index contributed by atoms with van der Waals surface area (Å²) in [5.74, 6) is -0.0301. The zero-order valence-electron chi connectivity index (χ0n) is 10.1. The molecule has 0 saturated heterocycles. The summed E-state index contributed by atoms with van der Waals surface area (Å²) < 4.78 is 0. The van der Waals surface area contributed by atoms with Crippen LogP contribution in [-0.2, 0) is 5.60 Å². The maximum Gasteiger partial charge on any atom is 0.121 e. The van der Waals surface area contributed by atoms with Gasteiger partial charge in [0.05, 0.1) is 0 Å². The van der Waals surface area contributed by atoms with E-state index in [0.29, 0.717) is 11.1 Å². The molecule has 2 rings (SSSR count). The maximum absolute atomic E-state index is 10.5. The third-order valence-corrected chi connectivity index (χ3v) is 3.10. The fraction of sp³-hybridized carbons (Fsp3) is 0.200. The quantitative estimate of drug-likeness (QED) is 0.776. The van der Waals surface area contributed by atoms with E-state index in [1.54, 1.807) is 42.5 Å². The number of hydrogen-bond acceptors (Lipinski definition) is 3. The zero-order valence-corrected chi connectivity index (χ0v) is 10.1. The van der Waals surface area contributed by atoms with Crippen LogP contribution in [-0.4, -0.2) is 15.3 Å². The molecular formula is C15H16O3. The maximum atomic E-state index is 10.5. The molecule has 0 spiro atoms. The van der Waals surface area contributed by atoms with Gasteiger partial charge in [0.15, 0.2) is 0 Å². The number of phenols is 1. The van der Waals surface area contributed by atoms with Crippen molar-refractivity contribution in [2.75, 3.05) is 0 Å². The highest BCUT2D eigenvalue weighted by Crippen LogP contribution is 2.38. The molecule has 0 aliphatic heterocycles. The van der Waals surface area contributed by atoms with E-state index in [1.807, 2.05) is 6.07 Å². The van der Waals surface area contributed by atoms with Crippen LogP contribution in [0, 0.1) is 0 Å². The van der Waals surface area contributed by atoms with Crippen molar-refractivity contribution in [1.29, 1.82) is 0 Å². The van der Waals surface area contributed by atoms with Crippen LogP contribution in [0.1, 0.15) is 24.2 Å². The fourth-order valence-corrected chi connectivity index (χ4v) is 2.01. The molecule has 3 N–H and O–H groups in total. The van der Waals surface area contributed by atoms with Crippen LogP contribution in [0.15, 0.2) is 54.6 Å². The molecule has 94 valence electrons. The average molecular weight is 244 g/mol. The molecule has 0 bridgehead atoms. The van der Waals surface area contributed by atoms with Gasteiger partial charge in [0.25, 0.3) is 0 Å². The van der Waals surface area contributed by atoms with Crippen molar-refractivity contribution in [3.8, 4) is 5.75 Å². The lowest BCUT2D eigenvalue weighted by Crippen LogP contribution is -2.30. The molecule has 0 aliphatic carbocycles. The summed E-state index contributed by atoms with van der Waals surface area (Å²) in [6, 6.07) is 15.4. The van der Waals surface area contributed by atoms with Crippen LogP contribution in [0.3, 0.4) is 0 Å². The Kier molecular flexibility index (Phi) is 3.36. The molecule has 18 heavy (non-hydrogen) atoms. The van der Waals surface area contributed by atoms with E-state index in [2.05, 4.69) is 0 Å². The molecule has 0 saturated carbocycles. The number of phenolic OH excluding ortho intramolecular Hbond substituents is 1. The highest BCUT2D eigenvalue weighted by atomic mass is 16.3. The minimum atomic E-state index is -1.55. The molecule has 3 heteroatoms. The Bertz CT molecular complexity index is 520. The van der Waals surface area contributed by atoms with Crippen LogP contribution in [0.25, 0.3) is 0 Å². The summed E-state index contributed by atoms with van der Waals surface area (Å²) in [7, 11) is 0. The number of aliphatic hydroxyl groups excluding tert-OH is 1. The molecule has 3 nitrogen and oxygen atoms in total. The van der Waals surface area contributed by atoms with E-state index in [0.717, 1.165) is 0 Å². The first kappa shape index (κ1) is 12.6. The normalized spacial score (nSPS) is 15.9. The lowest BCUT2D eigenvalue weighted by Gasteiger charge is -2.30. The highest BCUT2D eigenvalue weighted by molar-refractivity contribution is 5.38. The second kappa shape index (κ2) is 4.80. The zero-order chi connectivity index (χ0) is 13.2. The van der Waals surface area contributed by atoms with Gasteiger partial charge in [0.2, 0.25) is 0 Å². The van der Waals surface area contributed by atoms with Crippen LogP contribution in [0.2, 0.25) is 0 Å². The second-order valence-electron chi connectivity index (χ2n) is 4.48. The Morgan fingerprint density at radius 1 is 0.944 bits per heavy atom. The topological polar surface area (TPSA) is 60.7 Å². The van der Waals surface area contributed by atoms with Crippen LogP contribution in [0.4, 0.5) is 0 Å². The molecular weight excluding hydrogens is 228 g/mol. The number of aromatic hydroxyl groups is 1. The summed E-state index contributed by atoms with van der Waals surface area (Å²) in [6.07, 6.45) is -1.10. The Hall–Kier alpha value is -1.84. The number of aliphatic hydroxyl groups is 2. The van der Waals surface area contributed by atoms with Crippen molar-refractivity contribution in [2.24, 2.45) is 0 Å². The van der Waals surface area contributed by atoms with Gasteiger partial charge in [-0.1, -0.05) is 48.5 Å². The smallest absolute Gasteiger partial charge is 0.121 e. The summed E-state index contributed by atoms with van der Waals surface area (Å²) in [5, 5.41) is 30.5.